The van der Waals surface area contributed by atoms with Crippen LogP contribution in [0.2, 0.25) is 10.0 Å². The van der Waals surface area contributed by atoms with Gasteiger partial charge in [-0.15, -0.1) is 0 Å². The number of allylic oxidation sites excluding steroid dienone is 1. The molecule has 3 heterocycles. The molecule has 0 radical (unpaired) electrons. The molecule has 0 aliphatic carbocycles. The number of rotatable bonds is 5. The van der Waals surface area contributed by atoms with E-state index in [1.807, 2.05) is 31.2 Å². The molecule has 6 nitrogen and oxygen atoms in total. The second-order valence-corrected chi connectivity index (χ2v) is 10.4. The minimum absolute atomic E-state index is 0.221. The van der Waals surface area contributed by atoms with Crippen LogP contribution in [-0.4, -0.2) is 17.1 Å². The molecule has 37 heavy (non-hydrogen) atoms. The summed E-state index contributed by atoms with van der Waals surface area (Å²) in [7, 11) is 0. The smallest absolute Gasteiger partial charge is 0.338 e. The quantitative estimate of drug-likeness (QED) is 0.299. The summed E-state index contributed by atoms with van der Waals surface area (Å²) in [4.78, 5) is 31.8. The number of halogens is 2. The number of aryl methyl sites for hydroxylation is 1. The van der Waals surface area contributed by atoms with Crippen LogP contribution in [0.1, 0.15) is 36.8 Å². The fourth-order valence-corrected chi connectivity index (χ4v) is 5.78. The Morgan fingerprint density at radius 3 is 2.59 bits per heavy atom. The molecule has 0 fully saturated rings. The van der Waals surface area contributed by atoms with Gasteiger partial charge in [0.2, 0.25) is 0 Å². The van der Waals surface area contributed by atoms with Crippen LogP contribution in [0.15, 0.2) is 80.1 Å². The number of benzene rings is 2. The molecule has 0 saturated heterocycles. The van der Waals surface area contributed by atoms with Crippen molar-refractivity contribution >= 4 is 46.6 Å². The Labute approximate surface area is 226 Å². The fraction of sp³-hybridized carbons (Fsp3) is 0.179. The maximum atomic E-state index is 13.7. The van der Waals surface area contributed by atoms with Crippen molar-refractivity contribution in [1.82, 2.24) is 4.57 Å². The molecular weight excluding hydrogens is 531 g/mol. The predicted molar refractivity (Wildman–Crippen MR) is 146 cm³/mol. The molecule has 1 aliphatic rings. The number of furan rings is 1. The van der Waals surface area contributed by atoms with E-state index < -0.39 is 12.0 Å². The van der Waals surface area contributed by atoms with Gasteiger partial charge in [-0.25, -0.2) is 9.79 Å². The lowest BCUT2D eigenvalue weighted by atomic mass is 9.95. The zero-order valence-electron chi connectivity index (χ0n) is 20.2. The summed E-state index contributed by atoms with van der Waals surface area (Å²) in [6, 6.07) is 15.8. The number of hydrogen-bond donors (Lipinski definition) is 0. The SMILES string of the molecule is CCOC(=O)C1=C(C)N=c2s/c(=C\c3ccc(-c4ccc(Cl)cc4Cl)o3)c(=O)n2[C@@H]1c1ccc(C)cc1. The van der Waals surface area contributed by atoms with Gasteiger partial charge in [0.1, 0.15) is 11.5 Å². The average Bonchev–Trinajstić information content (AvgIpc) is 3.43. The third kappa shape index (κ3) is 4.82. The Balaban J connectivity index is 1.63. The minimum atomic E-state index is -0.655. The van der Waals surface area contributed by atoms with Gasteiger partial charge in [0.15, 0.2) is 4.80 Å². The van der Waals surface area contributed by atoms with Gasteiger partial charge in [-0.05, 0) is 56.7 Å². The molecule has 4 aromatic rings. The van der Waals surface area contributed by atoms with Crippen LogP contribution in [-0.2, 0) is 9.53 Å². The monoisotopic (exact) mass is 552 g/mol. The molecule has 1 atom stereocenters. The molecule has 2 aromatic carbocycles. The van der Waals surface area contributed by atoms with Crippen molar-refractivity contribution in [2.24, 2.45) is 4.99 Å². The minimum Gasteiger partial charge on any atom is -0.463 e. The van der Waals surface area contributed by atoms with Crippen molar-refractivity contribution in [3.8, 4) is 11.3 Å². The standard InChI is InChI=1S/C28H22Cl2N2O4S/c1-4-35-27(34)24-16(3)31-28-32(25(24)17-7-5-15(2)6-8-17)26(33)23(37-28)14-19-10-12-22(36-19)20-11-9-18(29)13-21(20)30/h5-14,25H,4H2,1-3H3/b23-14-/t25-/m1/s1. The number of esters is 1. The third-order valence-electron chi connectivity index (χ3n) is 6.01. The molecule has 0 saturated carbocycles. The van der Waals surface area contributed by atoms with Gasteiger partial charge >= 0.3 is 5.97 Å². The van der Waals surface area contributed by atoms with E-state index in [0.29, 0.717) is 47.7 Å². The van der Waals surface area contributed by atoms with Gasteiger partial charge in [0.05, 0.1) is 33.5 Å². The molecule has 5 rings (SSSR count). The Morgan fingerprint density at radius 2 is 1.89 bits per heavy atom. The third-order valence-corrected chi connectivity index (χ3v) is 7.54. The van der Waals surface area contributed by atoms with Crippen molar-refractivity contribution < 1.29 is 13.9 Å². The topological polar surface area (TPSA) is 73.8 Å². The number of carbonyl (C=O) groups is 1. The van der Waals surface area contributed by atoms with Gasteiger partial charge in [0, 0.05) is 16.7 Å². The predicted octanol–water partition coefficient (Wildman–Crippen LogP) is 5.67. The lowest BCUT2D eigenvalue weighted by Crippen LogP contribution is -2.39. The summed E-state index contributed by atoms with van der Waals surface area (Å²) in [6.45, 7) is 5.72. The van der Waals surface area contributed by atoms with Crippen molar-refractivity contribution in [3.63, 3.8) is 0 Å². The summed E-state index contributed by atoms with van der Waals surface area (Å²) >= 11 is 13.6. The van der Waals surface area contributed by atoms with Crippen LogP contribution in [0.3, 0.4) is 0 Å². The highest BCUT2D eigenvalue weighted by atomic mass is 35.5. The molecule has 1 aliphatic heterocycles. The van der Waals surface area contributed by atoms with E-state index in [-0.39, 0.29) is 12.2 Å². The molecule has 188 valence electrons. The Hall–Kier alpha value is -3.39. The van der Waals surface area contributed by atoms with Gasteiger partial charge in [-0.3, -0.25) is 9.36 Å². The first kappa shape index (κ1) is 25.3. The van der Waals surface area contributed by atoms with E-state index in [0.717, 1.165) is 11.1 Å². The first-order valence-electron chi connectivity index (χ1n) is 11.6. The van der Waals surface area contributed by atoms with E-state index in [4.69, 9.17) is 32.4 Å². The van der Waals surface area contributed by atoms with E-state index >= 15 is 0 Å². The summed E-state index contributed by atoms with van der Waals surface area (Å²) in [5.41, 5.74) is 3.17. The second-order valence-electron chi connectivity index (χ2n) is 8.54. The fourth-order valence-electron chi connectivity index (χ4n) is 4.25. The van der Waals surface area contributed by atoms with Gasteiger partial charge in [0.25, 0.3) is 5.56 Å². The van der Waals surface area contributed by atoms with Crippen LogP contribution in [0.4, 0.5) is 0 Å². The van der Waals surface area contributed by atoms with Crippen molar-refractivity contribution in [1.29, 1.82) is 0 Å². The molecule has 2 aromatic heterocycles. The molecule has 9 heteroatoms. The molecule has 0 bridgehead atoms. The van der Waals surface area contributed by atoms with Gasteiger partial charge < -0.3 is 9.15 Å². The van der Waals surface area contributed by atoms with Gasteiger partial charge in [-0.1, -0.05) is 64.4 Å². The van der Waals surface area contributed by atoms with Crippen LogP contribution in [0.5, 0.6) is 0 Å². The second kappa shape index (κ2) is 10.2. The van der Waals surface area contributed by atoms with Crippen LogP contribution in [0, 0.1) is 6.92 Å². The number of carbonyl (C=O) groups excluding carboxylic acids is 1. The zero-order valence-corrected chi connectivity index (χ0v) is 22.6. The lowest BCUT2D eigenvalue weighted by molar-refractivity contribution is -0.139. The van der Waals surface area contributed by atoms with Crippen molar-refractivity contribution in [3.05, 3.63) is 112 Å². The van der Waals surface area contributed by atoms with Crippen molar-refractivity contribution in [2.45, 2.75) is 26.8 Å². The number of ether oxygens (including phenoxy) is 1. The normalized spacial score (nSPS) is 15.5. The molecule has 0 amide bonds. The number of aromatic nitrogens is 1. The Morgan fingerprint density at radius 1 is 1.14 bits per heavy atom. The number of fused-ring (bicyclic) bond motifs is 1. The zero-order chi connectivity index (χ0) is 26.3. The largest absolute Gasteiger partial charge is 0.463 e. The van der Waals surface area contributed by atoms with Crippen molar-refractivity contribution in [2.75, 3.05) is 6.61 Å². The lowest BCUT2D eigenvalue weighted by Gasteiger charge is -2.24. The summed E-state index contributed by atoms with van der Waals surface area (Å²) < 4.78 is 13.3. The highest BCUT2D eigenvalue weighted by molar-refractivity contribution is 7.07. The Bertz CT molecular complexity index is 1730. The molecule has 0 N–H and O–H groups in total. The first-order valence-corrected chi connectivity index (χ1v) is 13.2. The number of hydrogen-bond acceptors (Lipinski definition) is 6. The summed E-state index contributed by atoms with van der Waals surface area (Å²) in [5, 5.41) is 0.995. The van der Waals surface area contributed by atoms with Crippen LogP contribution in [0.25, 0.3) is 17.4 Å². The van der Waals surface area contributed by atoms with Crippen LogP contribution < -0.4 is 14.9 Å². The van der Waals surface area contributed by atoms with E-state index in [1.54, 1.807) is 54.8 Å². The van der Waals surface area contributed by atoms with E-state index in [2.05, 4.69) is 4.99 Å². The maximum absolute atomic E-state index is 13.7. The average molecular weight is 553 g/mol. The Kier molecular flexibility index (Phi) is 6.94. The molecule has 0 spiro atoms. The first-order chi connectivity index (χ1) is 17.8. The number of nitrogens with zero attached hydrogens (tertiary/aromatic N) is 2. The molecule has 0 unspecified atom stereocenters. The van der Waals surface area contributed by atoms with E-state index in [9.17, 15) is 9.59 Å². The van der Waals surface area contributed by atoms with E-state index in [1.165, 1.54) is 11.3 Å². The summed E-state index contributed by atoms with van der Waals surface area (Å²) in [6.07, 6.45) is 1.67. The molecular formula is C28H22Cl2N2O4S. The highest BCUT2D eigenvalue weighted by Crippen LogP contribution is 2.32. The van der Waals surface area contributed by atoms with Crippen LogP contribution >= 0.6 is 34.5 Å². The highest BCUT2D eigenvalue weighted by Gasteiger charge is 2.33. The maximum Gasteiger partial charge on any atom is 0.338 e. The number of thiazole rings is 1. The summed E-state index contributed by atoms with van der Waals surface area (Å²) in [5.74, 6) is 0.553. The van der Waals surface area contributed by atoms with Gasteiger partial charge in [-0.2, -0.15) is 0 Å².